The highest BCUT2D eigenvalue weighted by Crippen LogP contribution is 2.24. The van der Waals surface area contributed by atoms with E-state index in [1.807, 2.05) is 4.90 Å². The van der Waals surface area contributed by atoms with Crippen LogP contribution in [0.3, 0.4) is 0 Å². The largest absolute Gasteiger partial charge is 0.480 e. The molecule has 2 atom stereocenters. The van der Waals surface area contributed by atoms with E-state index in [9.17, 15) is 4.79 Å². The molecule has 0 spiro atoms. The molecular weight excluding hydrogens is 282 g/mol. The zero-order valence-electron chi connectivity index (χ0n) is 12.8. The van der Waals surface area contributed by atoms with Crippen molar-refractivity contribution in [3.8, 4) is 11.8 Å². The number of ether oxygens (including phenoxy) is 2. The predicted octanol–water partition coefficient (Wildman–Crippen LogP) is 1.82. The van der Waals surface area contributed by atoms with Crippen LogP contribution in [0.4, 0.5) is 0 Å². The lowest BCUT2D eigenvalue weighted by Gasteiger charge is -2.24. The van der Waals surface area contributed by atoms with Gasteiger partial charge in [-0.05, 0) is 19.3 Å². The number of hydrogen-bond acceptors (Lipinski definition) is 5. The molecule has 1 fully saturated rings. The van der Waals surface area contributed by atoms with Gasteiger partial charge in [0.1, 0.15) is 6.10 Å². The van der Waals surface area contributed by atoms with E-state index in [1.54, 1.807) is 19.2 Å². The molecule has 2 heterocycles. The summed E-state index contributed by atoms with van der Waals surface area (Å²) in [5.74, 6) is 1.34. The van der Waals surface area contributed by atoms with E-state index in [2.05, 4.69) is 22.3 Å². The van der Waals surface area contributed by atoms with E-state index in [1.165, 1.54) is 0 Å². The average molecular weight is 303 g/mol. The Morgan fingerprint density at radius 3 is 2.73 bits per heavy atom. The van der Waals surface area contributed by atoms with Crippen LogP contribution in [-0.4, -0.2) is 47.3 Å². The molecule has 1 aromatic heterocycles. The molecule has 2 aliphatic rings. The Kier molecular flexibility index (Phi) is 4.56. The third-order valence-electron chi connectivity index (χ3n) is 4.19. The van der Waals surface area contributed by atoms with Gasteiger partial charge in [-0.15, -0.1) is 10.2 Å². The van der Waals surface area contributed by atoms with Crippen LogP contribution < -0.4 is 9.47 Å². The summed E-state index contributed by atoms with van der Waals surface area (Å²) in [5.41, 5.74) is 0. The van der Waals surface area contributed by atoms with Crippen LogP contribution in [0.1, 0.15) is 25.7 Å². The first-order valence-corrected chi connectivity index (χ1v) is 7.74. The van der Waals surface area contributed by atoms with Crippen LogP contribution in [0.25, 0.3) is 0 Å². The maximum atomic E-state index is 12.5. The van der Waals surface area contributed by atoms with Gasteiger partial charge in [0.05, 0.1) is 13.7 Å². The summed E-state index contributed by atoms with van der Waals surface area (Å²) >= 11 is 0. The zero-order valence-corrected chi connectivity index (χ0v) is 12.8. The Bertz CT molecular complexity index is 544. The smallest absolute Gasteiger partial charge is 0.233 e. The molecule has 0 aromatic carbocycles. The number of nitrogens with zero attached hydrogens (tertiary/aromatic N) is 3. The van der Waals surface area contributed by atoms with Crippen LogP contribution in [0.15, 0.2) is 24.3 Å². The van der Waals surface area contributed by atoms with Gasteiger partial charge in [-0.1, -0.05) is 12.2 Å². The second-order valence-corrected chi connectivity index (χ2v) is 5.71. The van der Waals surface area contributed by atoms with Crippen molar-refractivity contribution in [3.63, 3.8) is 0 Å². The van der Waals surface area contributed by atoms with Crippen molar-refractivity contribution in [1.29, 1.82) is 0 Å². The summed E-state index contributed by atoms with van der Waals surface area (Å²) in [4.78, 5) is 14.4. The molecule has 1 aliphatic heterocycles. The monoisotopic (exact) mass is 303 g/mol. The van der Waals surface area contributed by atoms with E-state index in [4.69, 9.17) is 9.47 Å². The van der Waals surface area contributed by atoms with Gasteiger partial charge in [0.2, 0.25) is 17.7 Å². The fraction of sp³-hybridized carbons (Fsp3) is 0.562. The molecule has 6 nitrogen and oxygen atoms in total. The Hall–Kier alpha value is -2.11. The number of methoxy groups -OCH3 is 1. The van der Waals surface area contributed by atoms with E-state index in [-0.39, 0.29) is 17.9 Å². The lowest BCUT2D eigenvalue weighted by atomic mass is 9.93. The minimum absolute atomic E-state index is 0.00854. The molecule has 1 amide bonds. The number of aromatic nitrogens is 2. The molecule has 0 unspecified atom stereocenters. The van der Waals surface area contributed by atoms with Gasteiger partial charge in [-0.2, -0.15) is 0 Å². The molecule has 0 saturated carbocycles. The first-order valence-electron chi connectivity index (χ1n) is 7.74. The summed E-state index contributed by atoms with van der Waals surface area (Å²) in [6.45, 7) is 1.39. The van der Waals surface area contributed by atoms with Crippen molar-refractivity contribution in [2.24, 2.45) is 5.92 Å². The first kappa shape index (κ1) is 14.8. The Labute approximate surface area is 130 Å². The zero-order chi connectivity index (χ0) is 15.4. The van der Waals surface area contributed by atoms with Crippen LogP contribution >= 0.6 is 0 Å². The molecule has 1 aliphatic carbocycles. The number of rotatable bonds is 4. The van der Waals surface area contributed by atoms with Crippen LogP contribution in [-0.2, 0) is 4.79 Å². The summed E-state index contributed by atoms with van der Waals surface area (Å²) in [7, 11) is 1.55. The second-order valence-electron chi connectivity index (χ2n) is 5.71. The van der Waals surface area contributed by atoms with Crippen LogP contribution in [0.2, 0.25) is 0 Å². The summed E-state index contributed by atoms with van der Waals surface area (Å²) in [6, 6.07) is 3.46. The molecule has 0 N–H and O–H groups in total. The van der Waals surface area contributed by atoms with E-state index in [0.29, 0.717) is 18.3 Å². The van der Waals surface area contributed by atoms with Gasteiger partial charge in [-0.3, -0.25) is 4.79 Å². The van der Waals surface area contributed by atoms with Crippen molar-refractivity contribution >= 4 is 5.91 Å². The summed E-state index contributed by atoms with van der Waals surface area (Å²) in [5, 5.41) is 7.84. The lowest BCUT2D eigenvalue weighted by Crippen LogP contribution is -2.36. The van der Waals surface area contributed by atoms with Gasteiger partial charge in [-0.25, -0.2) is 0 Å². The molecule has 1 saturated heterocycles. The minimum Gasteiger partial charge on any atom is -0.480 e. The van der Waals surface area contributed by atoms with Gasteiger partial charge in [0.15, 0.2) is 0 Å². The molecule has 22 heavy (non-hydrogen) atoms. The maximum Gasteiger partial charge on any atom is 0.233 e. The number of hydrogen-bond donors (Lipinski definition) is 0. The number of likely N-dealkylation sites (tertiary alicyclic amines) is 1. The van der Waals surface area contributed by atoms with Crippen molar-refractivity contribution < 1.29 is 14.3 Å². The molecule has 3 rings (SSSR count). The summed E-state index contributed by atoms with van der Waals surface area (Å²) < 4.78 is 10.8. The second kappa shape index (κ2) is 6.77. The van der Waals surface area contributed by atoms with E-state index in [0.717, 1.165) is 32.2 Å². The minimum atomic E-state index is -0.00854. The van der Waals surface area contributed by atoms with Gasteiger partial charge >= 0.3 is 0 Å². The van der Waals surface area contributed by atoms with Crippen LogP contribution in [0.5, 0.6) is 11.8 Å². The number of carbonyl (C=O) groups excluding carboxylic acids is 1. The third-order valence-corrected chi connectivity index (χ3v) is 4.19. The molecule has 118 valence electrons. The summed E-state index contributed by atoms with van der Waals surface area (Å²) in [6.07, 6.45) is 7.93. The predicted molar refractivity (Wildman–Crippen MR) is 80.7 cm³/mol. The molecule has 6 heteroatoms. The van der Waals surface area contributed by atoms with Gasteiger partial charge < -0.3 is 14.4 Å². The fourth-order valence-corrected chi connectivity index (χ4v) is 2.95. The van der Waals surface area contributed by atoms with Gasteiger partial charge in [0.25, 0.3) is 0 Å². The van der Waals surface area contributed by atoms with Crippen LogP contribution in [0, 0.1) is 5.92 Å². The van der Waals surface area contributed by atoms with E-state index >= 15 is 0 Å². The standard InChI is InChI=1S/C16H21N3O3/c1-21-14-7-8-15(18-17-14)22-13-9-10-19(11-13)16(20)12-5-3-2-4-6-12/h2-3,7-8,12-13H,4-6,9-11H2,1H3/t12-,13+/m1/s1. The van der Waals surface area contributed by atoms with E-state index < -0.39 is 0 Å². The highest BCUT2D eigenvalue weighted by molar-refractivity contribution is 5.79. The Morgan fingerprint density at radius 2 is 2.05 bits per heavy atom. The highest BCUT2D eigenvalue weighted by Gasteiger charge is 2.31. The van der Waals surface area contributed by atoms with Crippen molar-refractivity contribution in [2.45, 2.75) is 31.8 Å². The Morgan fingerprint density at radius 1 is 1.23 bits per heavy atom. The molecule has 0 radical (unpaired) electrons. The first-order chi connectivity index (χ1) is 10.8. The molecular formula is C16H21N3O3. The normalized spacial score (nSPS) is 24.3. The lowest BCUT2D eigenvalue weighted by molar-refractivity contribution is -0.135. The van der Waals surface area contributed by atoms with Crippen molar-refractivity contribution in [1.82, 2.24) is 15.1 Å². The molecule has 0 bridgehead atoms. The van der Waals surface area contributed by atoms with Crippen molar-refractivity contribution in [2.75, 3.05) is 20.2 Å². The number of allylic oxidation sites excluding steroid dienone is 2. The molecule has 1 aromatic rings. The fourth-order valence-electron chi connectivity index (χ4n) is 2.95. The third kappa shape index (κ3) is 3.37. The quantitative estimate of drug-likeness (QED) is 0.794. The average Bonchev–Trinajstić information content (AvgIpc) is 3.04. The topological polar surface area (TPSA) is 64.6 Å². The van der Waals surface area contributed by atoms with Crippen molar-refractivity contribution in [3.05, 3.63) is 24.3 Å². The Balaban J connectivity index is 1.53. The number of amides is 1. The highest BCUT2D eigenvalue weighted by atomic mass is 16.5. The SMILES string of the molecule is COc1ccc(O[C@H]2CCN(C(=O)[C@@H]3CC=CCC3)C2)nn1. The maximum absolute atomic E-state index is 12.5. The van der Waals surface area contributed by atoms with Gasteiger partial charge in [0, 0.05) is 31.0 Å². The number of carbonyl (C=O) groups is 1.